The molecule has 0 unspecified atom stereocenters. The van der Waals surface area contributed by atoms with Crippen LogP contribution >= 0.6 is 0 Å². The topological polar surface area (TPSA) is 62.3 Å². The van der Waals surface area contributed by atoms with E-state index >= 15 is 0 Å². The first-order chi connectivity index (χ1) is 12.2. The molecule has 3 aromatic rings. The van der Waals surface area contributed by atoms with Crippen LogP contribution in [0.1, 0.15) is 5.56 Å². The number of carbonyl (C=O) groups is 2. The van der Waals surface area contributed by atoms with Gasteiger partial charge in [0.25, 0.3) is 0 Å². The number of benzene rings is 2. The molecule has 1 aromatic heterocycles. The number of rotatable bonds is 4. The molecule has 1 N–H and O–H groups in total. The van der Waals surface area contributed by atoms with Gasteiger partial charge in [-0.2, -0.15) is 0 Å². The fourth-order valence-electron chi connectivity index (χ4n) is 2.38. The molecule has 5 heteroatoms. The third-order valence-corrected chi connectivity index (χ3v) is 3.60. The molecule has 0 aliphatic rings. The summed E-state index contributed by atoms with van der Waals surface area (Å²) in [5.74, 6) is -1.02. The highest BCUT2D eigenvalue weighted by Crippen LogP contribution is 2.17. The van der Waals surface area contributed by atoms with E-state index < -0.39 is 11.8 Å². The molecule has 0 fully saturated rings. The summed E-state index contributed by atoms with van der Waals surface area (Å²) in [6.07, 6.45) is 1.55. The molecule has 124 valence electrons. The minimum absolute atomic E-state index is 0.305. The predicted molar refractivity (Wildman–Crippen MR) is 96.9 cm³/mol. The lowest BCUT2D eigenvalue weighted by molar-refractivity contribution is -0.134. The minimum atomic E-state index is -0.724. The second-order valence-corrected chi connectivity index (χ2v) is 5.38. The number of nitrogens with one attached hydrogen (secondary N) is 1. The molecule has 0 bridgehead atoms. The number of aromatic nitrogens is 1. The Labute approximate surface area is 145 Å². The average Bonchev–Trinajstić information content (AvgIpc) is 2.68. The van der Waals surface area contributed by atoms with E-state index in [4.69, 9.17) is 0 Å². The molecule has 0 spiro atoms. The van der Waals surface area contributed by atoms with Crippen LogP contribution in [0.25, 0.3) is 0 Å². The SMILES string of the molecule is O=C(Nc1ccccn1)C(=O)N(Cc1ccccc1)c1ccccc1. The van der Waals surface area contributed by atoms with Crippen molar-refractivity contribution in [2.24, 2.45) is 0 Å². The van der Waals surface area contributed by atoms with Gasteiger partial charge in [0.15, 0.2) is 0 Å². The number of pyridine rings is 1. The average molecular weight is 331 g/mol. The van der Waals surface area contributed by atoms with Crippen molar-refractivity contribution in [2.75, 3.05) is 10.2 Å². The molecule has 0 atom stereocenters. The van der Waals surface area contributed by atoms with Gasteiger partial charge in [-0.1, -0.05) is 54.6 Å². The van der Waals surface area contributed by atoms with Gasteiger partial charge in [0.1, 0.15) is 5.82 Å². The van der Waals surface area contributed by atoms with Crippen molar-refractivity contribution < 1.29 is 9.59 Å². The number of para-hydroxylation sites is 1. The summed E-state index contributed by atoms with van der Waals surface area (Å²) < 4.78 is 0. The molecule has 25 heavy (non-hydrogen) atoms. The number of hydrogen-bond acceptors (Lipinski definition) is 3. The van der Waals surface area contributed by atoms with Gasteiger partial charge in [0.2, 0.25) is 0 Å². The van der Waals surface area contributed by atoms with Crippen molar-refractivity contribution in [1.29, 1.82) is 0 Å². The van der Waals surface area contributed by atoms with E-state index in [1.54, 1.807) is 36.5 Å². The molecule has 5 nitrogen and oxygen atoms in total. The predicted octanol–water partition coefficient (Wildman–Crippen LogP) is 3.25. The molecular formula is C20H17N3O2. The monoisotopic (exact) mass is 331 g/mol. The Morgan fingerprint density at radius 1 is 0.840 bits per heavy atom. The van der Waals surface area contributed by atoms with E-state index in [0.717, 1.165) is 5.56 Å². The molecule has 0 aliphatic heterocycles. The zero-order chi connectivity index (χ0) is 17.5. The zero-order valence-electron chi connectivity index (χ0n) is 13.5. The van der Waals surface area contributed by atoms with Crippen molar-refractivity contribution >= 4 is 23.3 Å². The maximum absolute atomic E-state index is 12.7. The third kappa shape index (κ3) is 4.29. The minimum Gasteiger partial charge on any atom is -0.302 e. The number of amides is 2. The van der Waals surface area contributed by atoms with Crippen LogP contribution in [0.15, 0.2) is 85.1 Å². The van der Waals surface area contributed by atoms with Crippen molar-refractivity contribution in [3.63, 3.8) is 0 Å². The first-order valence-corrected chi connectivity index (χ1v) is 7.87. The van der Waals surface area contributed by atoms with E-state index in [9.17, 15) is 9.59 Å². The van der Waals surface area contributed by atoms with Gasteiger partial charge in [0, 0.05) is 11.9 Å². The maximum Gasteiger partial charge on any atom is 0.317 e. The Hall–Kier alpha value is -3.47. The zero-order valence-corrected chi connectivity index (χ0v) is 13.5. The van der Waals surface area contributed by atoms with E-state index in [0.29, 0.717) is 18.1 Å². The Bertz CT molecular complexity index is 837. The summed E-state index contributed by atoms with van der Waals surface area (Å²) in [6.45, 7) is 0.305. The summed E-state index contributed by atoms with van der Waals surface area (Å²) in [5, 5.41) is 2.54. The molecule has 2 amide bonds. The van der Waals surface area contributed by atoms with Crippen molar-refractivity contribution in [2.45, 2.75) is 6.54 Å². The standard InChI is InChI=1S/C20H17N3O2/c24-19(22-18-13-7-8-14-21-18)20(25)23(17-11-5-2-6-12-17)15-16-9-3-1-4-10-16/h1-14H,15H2,(H,21,22,24). The van der Waals surface area contributed by atoms with Crippen LogP contribution in [0.2, 0.25) is 0 Å². The first-order valence-electron chi connectivity index (χ1n) is 7.87. The lowest BCUT2D eigenvalue weighted by Gasteiger charge is -2.22. The summed E-state index contributed by atoms with van der Waals surface area (Å²) in [6, 6.07) is 23.8. The van der Waals surface area contributed by atoms with Crippen LogP contribution in [0.4, 0.5) is 11.5 Å². The number of anilines is 2. The Balaban J connectivity index is 1.83. The molecule has 0 aliphatic carbocycles. The van der Waals surface area contributed by atoms with Crippen LogP contribution < -0.4 is 10.2 Å². The Kier molecular flexibility index (Phi) is 5.16. The van der Waals surface area contributed by atoms with Gasteiger partial charge in [-0.15, -0.1) is 0 Å². The summed E-state index contributed by atoms with van der Waals surface area (Å²) in [4.78, 5) is 30.6. The van der Waals surface area contributed by atoms with Gasteiger partial charge in [0.05, 0.1) is 6.54 Å². The van der Waals surface area contributed by atoms with Crippen LogP contribution in [-0.4, -0.2) is 16.8 Å². The third-order valence-electron chi connectivity index (χ3n) is 3.60. The van der Waals surface area contributed by atoms with Crippen LogP contribution in [0.3, 0.4) is 0 Å². The van der Waals surface area contributed by atoms with Gasteiger partial charge < -0.3 is 5.32 Å². The quantitative estimate of drug-likeness (QED) is 0.747. The molecule has 2 aromatic carbocycles. The van der Waals surface area contributed by atoms with E-state index in [1.165, 1.54) is 4.90 Å². The summed E-state index contributed by atoms with van der Waals surface area (Å²) in [7, 11) is 0. The first kappa shape index (κ1) is 16.4. The highest BCUT2D eigenvalue weighted by Gasteiger charge is 2.23. The van der Waals surface area contributed by atoms with Crippen LogP contribution in [0, 0.1) is 0 Å². The normalized spacial score (nSPS) is 10.1. The molecule has 0 saturated heterocycles. The van der Waals surface area contributed by atoms with Crippen LogP contribution in [-0.2, 0) is 16.1 Å². The van der Waals surface area contributed by atoms with Gasteiger partial charge in [-0.3, -0.25) is 14.5 Å². The Morgan fingerprint density at radius 3 is 2.12 bits per heavy atom. The lowest BCUT2D eigenvalue weighted by atomic mass is 10.2. The van der Waals surface area contributed by atoms with E-state index in [1.807, 2.05) is 48.5 Å². The fraction of sp³-hybridized carbons (Fsp3) is 0.0500. The van der Waals surface area contributed by atoms with Crippen LogP contribution in [0.5, 0.6) is 0 Å². The number of nitrogens with zero attached hydrogens (tertiary/aromatic N) is 2. The van der Waals surface area contributed by atoms with Crippen molar-refractivity contribution in [3.8, 4) is 0 Å². The lowest BCUT2D eigenvalue weighted by Crippen LogP contribution is -2.39. The molecule has 0 radical (unpaired) electrons. The van der Waals surface area contributed by atoms with E-state index in [-0.39, 0.29) is 0 Å². The van der Waals surface area contributed by atoms with Gasteiger partial charge >= 0.3 is 11.8 Å². The highest BCUT2D eigenvalue weighted by molar-refractivity contribution is 6.44. The van der Waals surface area contributed by atoms with E-state index in [2.05, 4.69) is 10.3 Å². The summed E-state index contributed by atoms with van der Waals surface area (Å²) >= 11 is 0. The molecular weight excluding hydrogens is 314 g/mol. The number of hydrogen-bond donors (Lipinski definition) is 1. The maximum atomic E-state index is 12.7. The second kappa shape index (κ2) is 7.88. The molecule has 0 saturated carbocycles. The number of carbonyl (C=O) groups excluding carboxylic acids is 2. The van der Waals surface area contributed by atoms with Crippen molar-refractivity contribution in [3.05, 3.63) is 90.6 Å². The summed E-state index contributed by atoms with van der Waals surface area (Å²) in [5.41, 5.74) is 1.60. The smallest absolute Gasteiger partial charge is 0.302 e. The largest absolute Gasteiger partial charge is 0.317 e. The molecule has 1 heterocycles. The second-order valence-electron chi connectivity index (χ2n) is 5.38. The van der Waals surface area contributed by atoms with Gasteiger partial charge in [-0.25, -0.2) is 4.98 Å². The highest BCUT2D eigenvalue weighted by atomic mass is 16.2. The fourth-order valence-corrected chi connectivity index (χ4v) is 2.38. The van der Waals surface area contributed by atoms with Gasteiger partial charge in [-0.05, 0) is 29.8 Å². The molecule has 3 rings (SSSR count). The van der Waals surface area contributed by atoms with Crippen molar-refractivity contribution in [1.82, 2.24) is 4.98 Å². The Morgan fingerprint density at radius 2 is 1.48 bits per heavy atom.